The van der Waals surface area contributed by atoms with Gasteiger partial charge in [-0.1, -0.05) is 55.5 Å². The van der Waals surface area contributed by atoms with Crippen molar-refractivity contribution in [3.05, 3.63) is 66.2 Å². The van der Waals surface area contributed by atoms with Gasteiger partial charge in [0.15, 0.2) is 0 Å². The summed E-state index contributed by atoms with van der Waals surface area (Å²) < 4.78 is 26.0. The standard InChI is InChI=1S/C26H37N3O4S/c1-5-24(26(31)27-21(2)3)28(20-18-22-13-8-6-9-14-22)25(30)17-12-19-29(34(4,32)33)23-15-10-7-11-16-23/h6-11,13-16,21,24H,5,12,17-20H2,1-4H3,(H,27,31)/t24-/m1/s1. The summed E-state index contributed by atoms with van der Waals surface area (Å²) in [7, 11) is -3.49. The predicted molar refractivity (Wildman–Crippen MR) is 137 cm³/mol. The van der Waals surface area contributed by atoms with Crippen LogP contribution < -0.4 is 9.62 Å². The summed E-state index contributed by atoms with van der Waals surface area (Å²) >= 11 is 0. The van der Waals surface area contributed by atoms with Gasteiger partial charge in [0.25, 0.3) is 0 Å². The Kier molecular flexibility index (Phi) is 10.6. The lowest BCUT2D eigenvalue weighted by Crippen LogP contribution is -2.51. The van der Waals surface area contributed by atoms with Crippen molar-refractivity contribution < 1.29 is 18.0 Å². The van der Waals surface area contributed by atoms with Crippen molar-refractivity contribution in [1.29, 1.82) is 0 Å². The minimum absolute atomic E-state index is 0.0261. The van der Waals surface area contributed by atoms with E-state index in [1.807, 2.05) is 57.2 Å². The fourth-order valence-electron chi connectivity index (χ4n) is 3.87. The van der Waals surface area contributed by atoms with Gasteiger partial charge >= 0.3 is 0 Å². The van der Waals surface area contributed by atoms with E-state index in [1.54, 1.807) is 29.2 Å². The second-order valence-electron chi connectivity index (χ2n) is 8.68. The number of para-hydroxylation sites is 1. The van der Waals surface area contributed by atoms with Crippen LogP contribution in [-0.2, 0) is 26.0 Å². The van der Waals surface area contributed by atoms with E-state index in [1.165, 1.54) is 4.31 Å². The zero-order valence-electron chi connectivity index (χ0n) is 20.6. The molecule has 2 rings (SSSR count). The average molecular weight is 488 g/mol. The molecule has 0 aromatic heterocycles. The first kappa shape index (κ1) is 27.4. The van der Waals surface area contributed by atoms with Gasteiger partial charge in [0.1, 0.15) is 6.04 Å². The molecular weight excluding hydrogens is 450 g/mol. The number of hydrogen-bond acceptors (Lipinski definition) is 4. The van der Waals surface area contributed by atoms with Crippen LogP contribution in [0.4, 0.5) is 5.69 Å². The van der Waals surface area contributed by atoms with Crippen LogP contribution in [0.15, 0.2) is 60.7 Å². The third kappa shape index (κ3) is 8.48. The number of rotatable bonds is 13. The van der Waals surface area contributed by atoms with Crippen molar-refractivity contribution in [2.45, 2.75) is 58.5 Å². The summed E-state index contributed by atoms with van der Waals surface area (Å²) in [6.45, 7) is 6.29. The van der Waals surface area contributed by atoms with E-state index in [0.717, 1.165) is 11.8 Å². The number of sulfonamides is 1. The van der Waals surface area contributed by atoms with Crippen molar-refractivity contribution in [3.63, 3.8) is 0 Å². The average Bonchev–Trinajstić information content (AvgIpc) is 2.79. The van der Waals surface area contributed by atoms with E-state index < -0.39 is 16.1 Å². The molecule has 0 aliphatic carbocycles. The lowest BCUT2D eigenvalue weighted by molar-refractivity contribution is -0.141. The Hall–Kier alpha value is -2.87. The quantitative estimate of drug-likeness (QED) is 0.468. The van der Waals surface area contributed by atoms with Gasteiger partial charge in [-0.05, 0) is 50.8 Å². The monoisotopic (exact) mass is 487 g/mol. The summed E-state index contributed by atoms with van der Waals surface area (Å²) in [6.07, 6.45) is 2.80. The molecule has 2 aromatic rings. The number of nitrogens with one attached hydrogen (secondary N) is 1. The largest absolute Gasteiger partial charge is 0.352 e. The van der Waals surface area contributed by atoms with Gasteiger partial charge in [-0.2, -0.15) is 0 Å². The minimum Gasteiger partial charge on any atom is -0.352 e. The van der Waals surface area contributed by atoms with Crippen molar-refractivity contribution in [2.24, 2.45) is 0 Å². The first-order chi connectivity index (χ1) is 16.1. The Morgan fingerprint density at radius 1 is 0.941 bits per heavy atom. The number of amides is 2. The molecule has 0 saturated heterocycles. The highest BCUT2D eigenvalue weighted by Crippen LogP contribution is 2.18. The molecule has 0 aliphatic heterocycles. The molecule has 0 heterocycles. The molecule has 0 fully saturated rings. The van der Waals surface area contributed by atoms with Crippen LogP contribution in [0.2, 0.25) is 0 Å². The van der Waals surface area contributed by atoms with Gasteiger partial charge in [-0.3, -0.25) is 13.9 Å². The third-order valence-electron chi connectivity index (χ3n) is 5.50. The molecule has 34 heavy (non-hydrogen) atoms. The lowest BCUT2D eigenvalue weighted by Gasteiger charge is -2.31. The molecule has 186 valence electrons. The van der Waals surface area contributed by atoms with Gasteiger partial charge in [-0.15, -0.1) is 0 Å². The highest BCUT2D eigenvalue weighted by atomic mass is 32.2. The van der Waals surface area contributed by atoms with E-state index in [4.69, 9.17) is 0 Å². The van der Waals surface area contributed by atoms with Gasteiger partial charge in [0, 0.05) is 25.6 Å². The summed E-state index contributed by atoms with van der Waals surface area (Å²) in [5.74, 6) is -0.316. The van der Waals surface area contributed by atoms with Gasteiger partial charge in [-0.25, -0.2) is 8.42 Å². The molecule has 0 saturated carbocycles. The normalized spacial score (nSPS) is 12.3. The minimum atomic E-state index is -3.49. The van der Waals surface area contributed by atoms with Crippen molar-refractivity contribution in [3.8, 4) is 0 Å². The maximum atomic E-state index is 13.3. The van der Waals surface area contributed by atoms with Gasteiger partial charge in [0.2, 0.25) is 21.8 Å². The Morgan fingerprint density at radius 3 is 2.06 bits per heavy atom. The lowest BCUT2D eigenvalue weighted by atomic mass is 10.1. The SMILES string of the molecule is CC[C@H](C(=O)NC(C)C)N(CCc1ccccc1)C(=O)CCCN(c1ccccc1)S(C)(=O)=O. The fourth-order valence-corrected chi connectivity index (χ4v) is 4.84. The van der Waals surface area contributed by atoms with E-state index in [-0.39, 0.29) is 30.8 Å². The van der Waals surface area contributed by atoms with E-state index in [9.17, 15) is 18.0 Å². The number of anilines is 1. The van der Waals surface area contributed by atoms with Gasteiger partial charge in [0.05, 0.1) is 11.9 Å². The van der Waals surface area contributed by atoms with Crippen molar-refractivity contribution in [1.82, 2.24) is 10.2 Å². The van der Waals surface area contributed by atoms with Crippen molar-refractivity contribution in [2.75, 3.05) is 23.7 Å². The Morgan fingerprint density at radius 2 is 1.53 bits per heavy atom. The van der Waals surface area contributed by atoms with Crippen LogP contribution in [0.3, 0.4) is 0 Å². The Balaban J connectivity index is 2.13. The number of benzene rings is 2. The first-order valence-corrected chi connectivity index (χ1v) is 13.6. The van der Waals surface area contributed by atoms with E-state index in [2.05, 4.69) is 5.32 Å². The molecule has 1 N–H and O–H groups in total. The third-order valence-corrected chi connectivity index (χ3v) is 6.69. The number of nitrogens with zero attached hydrogens (tertiary/aromatic N) is 2. The summed E-state index contributed by atoms with van der Waals surface area (Å²) in [5, 5.41) is 2.92. The molecule has 0 bridgehead atoms. The highest BCUT2D eigenvalue weighted by molar-refractivity contribution is 7.92. The van der Waals surface area contributed by atoms with E-state index in [0.29, 0.717) is 31.5 Å². The number of carbonyl (C=O) groups excluding carboxylic acids is 2. The zero-order chi connectivity index (χ0) is 25.1. The van der Waals surface area contributed by atoms with Gasteiger partial charge < -0.3 is 10.2 Å². The van der Waals surface area contributed by atoms with Crippen LogP contribution in [0.1, 0.15) is 45.6 Å². The molecule has 0 spiro atoms. The summed E-state index contributed by atoms with van der Waals surface area (Å²) in [6, 6.07) is 18.1. The fraction of sp³-hybridized carbons (Fsp3) is 0.462. The molecule has 2 aromatic carbocycles. The Bertz CT molecular complexity index is 1010. The molecule has 0 unspecified atom stereocenters. The molecule has 0 radical (unpaired) electrons. The highest BCUT2D eigenvalue weighted by Gasteiger charge is 2.28. The van der Waals surface area contributed by atoms with Crippen LogP contribution in [0, 0.1) is 0 Å². The molecular formula is C26H37N3O4S. The van der Waals surface area contributed by atoms with Crippen LogP contribution in [0.25, 0.3) is 0 Å². The molecule has 8 heteroatoms. The first-order valence-electron chi connectivity index (χ1n) is 11.8. The van der Waals surface area contributed by atoms with Crippen LogP contribution >= 0.6 is 0 Å². The summed E-state index contributed by atoms with van der Waals surface area (Å²) in [5.41, 5.74) is 1.66. The number of carbonyl (C=O) groups is 2. The predicted octanol–water partition coefficient (Wildman–Crippen LogP) is 3.61. The zero-order valence-corrected chi connectivity index (χ0v) is 21.4. The number of hydrogen-bond donors (Lipinski definition) is 1. The van der Waals surface area contributed by atoms with Crippen LogP contribution in [-0.4, -0.2) is 56.6 Å². The van der Waals surface area contributed by atoms with Crippen LogP contribution in [0.5, 0.6) is 0 Å². The molecule has 0 aliphatic rings. The van der Waals surface area contributed by atoms with Crippen molar-refractivity contribution >= 4 is 27.5 Å². The van der Waals surface area contributed by atoms with E-state index >= 15 is 0 Å². The second kappa shape index (κ2) is 13.1. The summed E-state index contributed by atoms with van der Waals surface area (Å²) in [4.78, 5) is 27.8. The Labute approximate surface area is 204 Å². The molecule has 7 nitrogen and oxygen atoms in total. The second-order valence-corrected chi connectivity index (χ2v) is 10.6. The smallest absolute Gasteiger partial charge is 0.242 e. The molecule has 2 amide bonds. The molecule has 1 atom stereocenters. The maximum absolute atomic E-state index is 13.3. The maximum Gasteiger partial charge on any atom is 0.242 e. The topological polar surface area (TPSA) is 86.8 Å².